The van der Waals surface area contributed by atoms with Crippen LogP contribution >= 0.6 is 62.8 Å². The summed E-state index contributed by atoms with van der Waals surface area (Å²) in [4.78, 5) is 0. The Morgan fingerprint density at radius 2 is 2.35 bits per heavy atom. The molecule has 0 saturated heterocycles. The molecule has 0 fully saturated rings. The van der Waals surface area contributed by atoms with Crippen molar-refractivity contribution >= 4 is 68.3 Å². The molecule has 4 nitrogen and oxygen atoms in total. The second-order valence-electron chi connectivity index (χ2n) is 3.69. The fourth-order valence-corrected chi connectivity index (χ4v) is 3.77. The Morgan fingerprint density at radius 1 is 1.55 bits per heavy atom. The van der Waals surface area contributed by atoms with Crippen LogP contribution in [-0.4, -0.2) is 22.4 Å². The van der Waals surface area contributed by atoms with E-state index in [-0.39, 0.29) is 0 Å². The second kappa shape index (κ2) is 7.62. The number of ether oxygens (including phenoxy) is 1. The van der Waals surface area contributed by atoms with Crippen molar-refractivity contribution in [3.63, 3.8) is 0 Å². The Kier molecular flexibility index (Phi) is 6.12. The molecule has 0 aliphatic heterocycles. The van der Waals surface area contributed by atoms with Gasteiger partial charge in [0, 0.05) is 21.4 Å². The molecule has 106 valence electrons. The highest BCUT2D eigenvalue weighted by Crippen LogP contribution is 2.31. The molecule has 0 spiro atoms. The van der Waals surface area contributed by atoms with Crippen molar-refractivity contribution in [2.24, 2.45) is 0 Å². The van der Waals surface area contributed by atoms with Crippen LogP contribution in [0.1, 0.15) is 5.56 Å². The van der Waals surface area contributed by atoms with Crippen molar-refractivity contribution < 1.29 is 8.92 Å². The van der Waals surface area contributed by atoms with Gasteiger partial charge in [-0.25, -0.2) is 4.68 Å². The molecule has 1 aromatic carbocycles. The summed E-state index contributed by atoms with van der Waals surface area (Å²) in [6.07, 6.45) is 3.77. The van der Waals surface area contributed by atoms with Crippen LogP contribution in [0.25, 0.3) is 5.69 Å². The smallest absolute Gasteiger partial charge is 0.164 e. The number of rotatable bonds is 6. The van der Waals surface area contributed by atoms with Crippen LogP contribution in [-0.2, 0) is 9.94 Å². The minimum atomic E-state index is 0.692. The number of benzene rings is 1. The number of thiocarbonyl (C=S) groups is 1. The Hall–Kier alpha value is -0.320. The molecule has 20 heavy (non-hydrogen) atoms. The topological polar surface area (TPSA) is 36.3 Å². The van der Waals surface area contributed by atoms with Crippen LogP contribution < -0.4 is 4.74 Å². The van der Waals surface area contributed by atoms with Gasteiger partial charge in [-0.15, -0.1) is 0 Å². The van der Waals surface area contributed by atoms with E-state index >= 15 is 0 Å². The minimum absolute atomic E-state index is 0.692. The highest BCUT2D eigenvalue weighted by atomic mass is 127. The van der Waals surface area contributed by atoms with Crippen molar-refractivity contribution in [2.75, 3.05) is 7.11 Å². The number of nitrogens with zero attached hydrogens (tertiary/aromatic N) is 2. The zero-order valence-electron chi connectivity index (χ0n) is 10.4. The van der Waals surface area contributed by atoms with Gasteiger partial charge in [0.05, 0.1) is 41.3 Å². The zero-order valence-corrected chi connectivity index (χ0v) is 15.8. The van der Waals surface area contributed by atoms with Crippen molar-refractivity contribution in [3.8, 4) is 11.4 Å². The molecule has 0 saturated carbocycles. The van der Waals surface area contributed by atoms with Crippen molar-refractivity contribution in [1.29, 1.82) is 0 Å². The molecular formula is C12H10BrIN2O2S2. The monoisotopic (exact) mass is 484 g/mol. The standard InChI is InChI=1S/C12H10BrIN2O2S2/c1-17-12-3-11(10(14)2-9(12)13)16-5-8(4-15-16)6-20-18-7-19/h2-5,7H,6H2,1H3. The van der Waals surface area contributed by atoms with Gasteiger partial charge in [0.2, 0.25) is 0 Å². The zero-order chi connectivity index (χ0) is 14.5. The summed E-state index contributed by atoms with van der Waals surface area (Å²) in [5.41, 5.74) is 3.28. The van der Waals surface area contributed by atoms with Gasteiger partial charge in [-0.3, -0.25) is 0 Å². The normalized spacial score (nSPS) is 10.3. The van der Waals surface area contributed by atoms with E-state index in [2.05, 4.69) is 55.8 Å². The Morgan fingerprint density at radius 3 is 3.05 bits per heavy atom. The van der Waals surface area contributed by atoms with Gasteiger partial charge in [0.25, 0.3) is 0 Å². The largest absolute Gasteiger partial charge is 0.495 e. The lowest BCUT2D eigenvalue weighted by Gasteiger charge is -2.09. The van der Waals surface area contributed by atoms with E-state index in [9.17, 15) is 0 Å². The highest BCUT2D eigenvalue weighted by Gasteiger charge is 2.10. The first-order chi connectivity index (χ1) is 9.65. The molecule has 1 heterocycles. The highest BCUT2D eigenvalue weighted by molar-refractivity contribution is 14.1. The van der Waals surface area contributed by atoms with Crippen LogP contribution in [0.3, 0.4) is 0 Å². The number of hydrogen-bond acceptors (Lipinski definition) is 5. The number of aromatic nitrogens is 2. The molecule has 0 unspecified atom stereocenters. The van der Waals surface area contributed by atoms with E-state index in [4.69, 9.17) is 8.92 Å². The lowest BCUT2D eigenvalue weighted by molar-refractivity contribution is 0.411. The van der Waals surface area contributed by atoms with Gasteiger partial charge < -0.3 is 8.92 Å². The van der Waals surface area contributed by atoms with E-state index < -0.39 is 0 Å². The first-order valence-electron chi connectivity index (χ1n) is 5.44. The second-order valence-corrected chi connectivity index (χ2v) is 6.61. The molecule has 0 N–H and O–H groups in total. The SMILES string of the molecule is COc1cc(-n2cc(CSOC=S)cn2)c(I)cc1Br. The third-order valence-corrected chi connectivity index (χ3v) is 4.82. The van der Waals surface area contributed by atoms with E-state index in [0.29, 0.717) is 5.75 Å². The van der Waals surface area contributed by atoms with Crippen LogP contribution in [0.4, 0.5) is 0 Å². The lowest BCUT2D eigenvalue weighted by atomic mass is 10.3. The maximum atomic E-state index is 5.32. The average Bonchev–Trinajstić information content (AvgIpc) is 2.88. The van der Waals surface area contributed by atoms with Crippen LogP contribution in [0.2, 0.25) is 0 Å². The third kappa shape index (κ3) is 3.86. The van der Waals surface area contributed by atoms with E-state index in [1.807, 2.05) is 29.2 Å². The quantitative estimate of drug-likeness (QED) is 0.263. The van der Waals surface area contributed by atoms with Gasteiger partial charge in [0.1, 0.15) is 5.75 Å². The summed E-state index contributed by atoms with van der Waals surface area (Å²) in [7, 11) is 1.64. The van der Waals surface area contributed by atoms with Crippen molar-refractivity contribution in [3.05, 3.63) is 38.1 Å². The first kappa shape index (κ1) is 16.1. The summed E-state index contributed by atoms with van der Waals surface area (Å²) in [5.74, 6) is 1.47. The molecule has 0 amide bonds. The van der Waals surface area contributed by atoms with Gasteiger partial charge in [-0.05, 0) is 56.8 Å². The molecule has 1 aromatic heterocycles. The summed E-state index contributed by atoms with van der Waals surface area (Å²) in [6, 6.07) is 3.95. The average molecular weight is 485 g/mol. The van der Waals surface area contributed by atoms with Crippen molar-refractivity contribution in [1.82, 2.24) is 9.78 Å². The van der Waals surface area contributed by atoms with Gasteiger partial charge in [0.15, 0.2) is 5.55 Å². The number of methoxy groups -OCH3 is 1. The molecule has 0 bridgehead atoms. The van der Waals surface area contributed by atoms with E-state index in [1.54, 1.807) is 7.11 Å². The molecule has 2 rings (SSSR count). The number of hydrogen-bond donors (Lipinski definition) is 0. The Bertz CT molecular complexity index is 621. The molecule has 8 heteroatoms. The molecule has 2 aromatic rings. The van der Waals surface area contributed by atoms with Gasteiger partial charge >= 0.3 is 0 Å². The maximum Gasteiger partial charge on any atom is 0.164 e. The molecule has 0 atom stereocenters. The maximum absolute atomic E-state index is 5.32. The summed E-state index contributed by atoms with van der Waals surface area (Å²) in [5, 5.41) is 4.37. The Labute approximate surface area is 148 Å². The van der Waals surface area contributed by atoms with Gasteiger partial charge in [-0.2, -0.15) is 5.10 Å². The fourth-order valence-electron chi connectivity index (χ4n) is 1.55. The summed E-state index contributed by atoms with van der Waals surface area (Å²) < 4.78 is 14.1. The molecule has 0 radical (unpaired) electrons. The molecule has 0 aliphatic rings. The fraction of sp³-hybridized carbons (Fsp3) is 0.167. The predicted octanol–water partition coefficient (Wildman–Crippen LogP) is 4.37. The summed E-state index contributed by atoms with van der Waals surface area (Å²) in [6.45, 7) is 0. The first-order valence-corrected chi connectivity index (χ1v) is 8.70. The lowest BCUT2D eigenvalue weighted by Crippen LogP contribution is -1.99. The van der Waals surface area contributed by atoms with E-state index in [1.165, 1.54) is 17.6 Å². The van der Waals surface area contributed by atoms with Crippen LogP contribution in [0.15, 0.2) is 29.0 Å². The van der Waals surface area contributed by atoms with E-state index in [0.717, 1.165) is 25.0 Å². The third-order valence-electron chi connectivity index (χ3n) is 2.44. The van der Waals surface area contributed by atoms with Crippen LogP contribution in [0.5, 0.6) is 5.75 Å². The minimum Gasteiger partial charge on any atom is -0.495 e. The molecular weight excluding hydrogens is 475 g/mol. The summed E-state index contributed by atoms with van der Waals surface area (Å²) >= 11 is 11.6. The van der Waals surface area contributed by atoms with Crippen molar-refractivity contribution in [2.45, 2.75) is 5.75 Å². The molecule has 0 aliphatic carbocycles. The Balaban J connectivity index is 2.25. The van der Waals surface area contributed by atoms with Gasteiger partial charge in [-0.1, -0.05) is 0 Å². The predicted molar refractivity (Wildman–Crippen MR) is 96.6 cm³/mol. The van der Waals surface area contributed by atoms with Crippen LogP contribution in [0, 0.1) is 3.57 Å². The number of halogens is 2.